The molecule has 0 aliphatic carbocycles. The van der Waals surface area contributed by atoms with Crippen molar-refractivity contribution in [2.75, 3.05) is 31.5 Å². The molecule has 176 valence electrons. The number of rotatable bonds is 4. The molecule has 0 atom stereocenters. The van der Waals surface area contributed by atoms with Gasteiger partial charge in [0.05, 0.1) is 11.3 Å². The number of carbonyl (C=O) groups is 2. The molecule has 5 rings (SSSR count). The van der Waals surface area contributed by atoms with Crippen LogP contribution in [0.1, 0.15) is 15.9 Å². The van der Waals surface area contributed by atoms with Crippen molar-refractivity contribution >= 4 is 17.6 Å². The largest absolute Gasteiger partial charge is 0.335 e. The Morgan fingerprint density at radius 1 is 0.886 bits per heavy atom. The molecule has 1 aliphatic rings. The Morgan fingerprint density at radius 3 is 2.37 bits per heavy atom. The van der Waals surface area contributed by atoms with Gasteiger partial charge in [-0.25, -0.2) is 9.48 Å². The Labute approximate surface area is 203 Å². The van der Waals surface area contributed by atoms with Crippen molar-refractivity contribution in [2.45, 2.75) is 6.92 Å². The lowest BCUT2D eigenvalue weighted by molar-refractivity contribution is 0.0672. The average molecular weight is 467 g/mol. The second-order valence-corrected chi connectivity index (χ2v) is 8.49. The summed E-state index contributed by atoms with van der Waals surface area (Å²) < 4.78 is 1.72. The molecule has 1 fully saturated rings. The van der Waals surface area contributed by atoms with E-state index < -0.39 is 0 Å². The van der Waals surface area contributed by atoms with E-state index in [4.69, 9.17) is 5.10 Å². The van der Waals surface area contributed by atoms with Crippen LogP contribution < -0.4 is 5.32 Å². The molecular formula is C27H26N6O2. The normalized spacial score (nSPS) is 13.5. The molecule has 3 heterocycles. The molecule has 8 nitrogen and oxygen atoms in total. The van der Waals surface area contributed by atoms with Gasteiger partial charge in [0.1, 0.15) is 5.69 Å². The second-order valence-electron chi connectivity index (χ2n) is 8.49. The molecule has 35 heavy (non-hydrogen) atoms. The molecule has 8 heteroatoms. The molecule has 0 spiro atoms. The molecule has 0 bridgehead atoms. The molecule has 0 saturated carbocycles. The fourth-order valence-corrected chi connectivity index (χ4v) is 4.17. The van der Waals surface area contributed by atoms with Gasteiger partial charge < -0.3 is 15.1 Å². The van der Waals surface area contributed by atoms with E-state index in [0.717, 1.165) is 22.5 Å². The Kier molecular flexibility index (Phi) is 6.26. The lowest BCUT2D eigenvalue weighted by atomic mass is 10.1. The summed E-state index contributed by atoms with van der Waals surface area (Å²) in [4.78, 5) is 34.0. The van der Waals surface area contributed by atoms with E-state index in [-0.39, 0.29) is 11.9 Å². The van der Waals surface area contributed by atoms with Crippen LogP contribution in [0, 0.1) is 6.92 Å². The van der Waals surface area contributed by atoms with E-state index >= 15 is 0 Å². The molecule has 3 amide bonds. The molecule has 0 unspecified atom stereocenters. The number of nitrogens with one attached hydrogen (secondary N) is 1. The topological polar surface area (TPSA) is 83.4 Å². The number of hydrogen-bond donors (Lipinski definition) is 1. The Hall–Kier alpha value is -4.46. The summed E-state index contributed by atoms with van der Waals surface area (Å²) in [7, 11) is 0. The highest BCUT2D eigenvalue weighted by Gasteiger charge is 2.28. The monoisotopic (exact) mass is 466 g/mol. The Balaban J connectivity index is 1.32. The van der Waals surface area contributed by atoms with Gasteiger partial charge in [-0.05, 0) is 48.9 Å². The van der Waals surface area contributed by atoms with Crippen molar-refractivity contribution in [3.63, 3.8) is 0 Å². The van der Waals surface area contributed by atoms with Gasteiger partial charge in [-0.1, -0.05) is 30.3 Å². The van der Waals surface area contributed by atoms with E-state index in [1.54, 1.807) is 33.1 Å². The molecule has 2 aromatic heterocycles. The summed E-state index contributed by atoms with van der Waals surface area (Å²) in [5.41, 5.74) is 4.60. The first-order valence-electron chi connectivity index (χ1n) is 11.6. The maximum Gasteiger partial charge on any atom is 0.321 e. The number of pyridine rings is 1. The van der Waals surface area contributed by atoms with Crippen molar-refractivity contribution < 1.29 is 9.59 Å². The molecule has 1 saturated heterocycles. The number of para-hydroxylation sites is 1. The summed E-state index contributed by atoms with van der Waals surface area (Å²) in [6.07, 6.45) is 5.18. The lowest BCUT2D eigenvalue weighted by Gasteiger charge is -2.34. The number of urea groups is 1. The predicted molar refractivity (Wildman–Crippen MR) is 134 cm³/mol. The highest BCUT2D eigenvalue weighted by Crippen LogP contribution is 2.25. The fourth-order valence-electron chi connectivity index (χ4n) is 4.17. The zero-order chi connectivity index (χ0) is 24.2. The average Bonchev–Trinajstić information content (AvgIpc) is 3.35. The van der Waals surface area contributed by atoms with Crippen LogP contribution in [-0.2, 0) is 0 Å². The van der Waals surface area contributed by atoms with E-state index in [0.29, 0.717) is 37.4 Å². The smallest absolute Gasteiger partial charge is 0.321 e. The summed E-state index contributed by atoms with van der Waals surface area (Å²) in [5.74, 6) is -0.107. The van der Waals surface area contributed by atoms with E-state index in [9.17, 15) is 9.59 Å². The van der Waals surface area contributed by atoms with Gasteiger partial charge in [-0.15, -0.1) is 0 Å². The number of piperazine rings is 1. The van der Waals surface area contributed by atoms with Gasteiger partial charge in [-0.2, -0.15) is 5.10 Å². The zero-order valence-electron chi connectivity index (χ0n) is 19.5. The number of anilines is 1. The molecule has 1 N–H and O–H groups in total. The Bertz CT molecular complexity index is 1330. The first-order chi connectivity index (χ1) is 17.1. The van der Waals surface area contributed by atoms with E-state index in [1.807, 2.05) is 73.7 Å². The minimum Gasteiger partial charge on any atom is -0.335 e. The van der Waals surface area contributed by atoms with Gasteiger partial charge in [0.25, 0.3) is 5.91 Å². The first kappa shape index (κ1) is 22.3. The molecule has 4 aromatic rings. The summed E-state index contributed by atoms with van der Waals surface area (Å²) in [6.45, 7) is 3.79. The maximum atomic E-state index is 13.6. The van der Waals surface area contributed by atoms with Crippen LogP contribution in [0.4, 0.5) is 10.5 Å². The Morgan fingerprint density at radius 2 is 1.66 bits per heavy atom. The van der Waals surface area contributed by atoms with Gasteiger partial charge >= 0.3 is 6.03 Å². The minimum absolute atomic E-state index is 0.107. The third-order valence-corrected chi connectivity index (χ3v) is 6.02. The van der Waals surface area contributed by atoms with Crippen LogP contribution in [0.25, 0.3) is 16.9 Å². The number of nitrogens with zero attached hydrogens (tertiary/aromatic N) is 5. The van der Waals surface area contributed by atoms with Crippen molar-refractivity contribution in [3.8, 4) is 16.9 Å². The van der Waals surface area contributed by atoms with Gasteiger partial charge in [0, 0.05) is 56.0 Å². The quantitative estimate of drug-likeness (QED) is 0.488. The van der Waals surface area contributed by atoms with Gasteiger partial charge in [-0.3, -0.25) is 9.78 Å². The zero-order valence-corrected chi connectivity index (χ0v) is 19.5. The third kappa shape index (κ3) is 4.91. The van der Waals surface area contributed by atoms with E-state index in [1.165, 1.54) is 0 Å². The van der Waals surface area contributed by atoms with E-state index in [2.05, 4.69) is 10.3 Å². The highest BCUT2D eigenvalue weighted by molar-refractivity contribution is 6.00. The predicted octanol–water partition coefficient (Wildman–Crippen LogP) is 4.23. The number of aryl methyl sites for hydroxylation is 1. The van der Waals surface area contributed by atoms with Gasteiger partial charge in [0.15, 0.2) is 0 Å². The number of benzene rings is 2. The van der Waals surface area contributed by atoms with Crippen molar-refractivity contribution in [1.82, 2.24) is 24.6 Å². The minimum atomic E-state index is -0.157. The van der Waals surface area contributed by atoms with Crippen LogP contribution in [0.3, 0.4) is 0 Å². The molecule has 1 aliphatic heterocycles. The maximum absolute atomic E-state index is 13.6. The standard InChI is InChI=1S/C27H26N6O2/c1-20-7-5-9-22(17-20)29-27(35)32-15-13-31(14-16-32)26(34)24-19-33(23-10-3-2-4-11-23)30-25(24)21-8-6-12-28-18-21/h2-12,17-19H,13-16H2,1H3,(H,29,35). The summed E-state index contributed by atoms with van der Waals surface area (Å²) in [6, 6.07) is 21.0. The summed E-state index contributed by atoms with van der Waals surface area (Å²) in [5, 5.41) is 7.66. The van der Waals surface area contributed by atoms with Crippen molar-refractivity contribution in [3.05, 3.63) is 96.4 Å². The SMILES string of the molecule is Cc1cccc(NC(=O)N2CCN(C(=O)c3cn(-c4ccccc4)nc3-c3cccnc3)CC2)c1. The molecule has 2 aromatic carbocycles. The lowest BCUT2D eigenvalue weighted by Crippen LogP contribution is -2.51. The van der Waals surface area contributed by atoms with Crippen LogP contribution in [0.15, 0.2) is 85.3 Å². The van der Waals surface area contributed by atoms with Crippen LogP contribution in [0.2, 0.25) is 0 Å². The number of carbonyl (C=O) groups excluding carboxylic acids is 2. The third-order valence-electron chi connectivity index (χ3n) is 6.02. The number of aromatic nitrogens is 3. The van der Waals surface area contributed by atoms with Crippen molar-refractivity contribution in [1.29, 1.82) is 0 Å². The number of amides is 3. The molecule has 0 radical (unpaired) electrons. The van der Waals surface area contributed by atoms with Crippen LogP contribution in [-0.4, -0.2) is 62.7 Å². The highest BCUT2D eigenvalue weighted by atomic mass is 16.2. The van der Waals surface area contributed by atoms with Gasteiger partial charge in [0.2, 0.25) is 0 Å². The first-order valence-corrected chi connectivity index (χ1v) is 11.6. The second kappa shape index (κ2) is 9.80. The van der Waals surface area contributed by atoms with Crippen LogP contribution >= 0.6 is 0 Å². The number of hydrogen-bond acceptors (Lipinski definition) is 4. The molecular weight excluding hydrogens is 440 g/mol. The van der Waals surface area contributed by atoms with Crippen LogP contribution in [0.5, 0.6) is 0 Å². The van der Waals surface area contributed by atoms with Crippen molar-refractivity contribution in [2.24, 2.45) is 0 Å². The summed E-state index contributed by atoms with van der Waals surface area (Å²) >= 11 is 0. The fraction of sp³-hybridized carbons (Fsp3) is 0.185.